The highest BCUT2D eigenvalue weighted by atomic mass is 16.4. The summed E-state index contributed by atoms with van der Waals surface area (Å²) in [5.74, 6) is -1.67. The summed E-state index contributed by atoms with van der Waals surface area (Å²) in [6, 6.07) is 20.7. The third-order valence-corrected chi connectivity index (χ3v) is 5.88. The van der Waals surface area contributed by atoms with Gasteiger partial charge in [-0.3, -0.25) is 9.59 Å². The molecule has 37 heavy (non-hydrogen) atoms. The van der Waals surface area contributed by atoms with Gasteiger partial charge in [-0.05, 0) is 36.4 Å². The summed E-state index contributed by atoms with van der Waals surface area (Å²) >= 11 is 0. The summed E-state index contributed by atoms with van der Waals surface area (Å²) in [6.07, 6.45) is 0. The number of nitrogens with one attached hydrogen (secondary N) is 1. The van der Waals surface area contributed by atoms with Crippen LogP contribution in [0.1, 0.15) is 28.4 Å². The lowest BCUT2D eigenvalue weighted by Crippen LogP contribution is -2.39. The zero-order valence-electron chi connectivity index (χ0n) is 20.6. The minimum atomic E-state index is -1.07. The van der Waals surface area contributed by atoms with Crippen molar-refractivity contribution in [3.63, 3.8) is 0 Å². The summed E-state index contributed by atoms with van der Waals surface area (Å²) in [6.45, 7) is 1.32. The molecule has 0 atom stereocenters. The van der Waals surface area contributed by atoms with Crippen LogP contribution in [0.3, 0.4) is 0 Å². The Bertz CT molecular complexity index is 1510. The minimum absolute atomic E-state index is 0.0816. The molecule has 2 amide bonds. The van der Waals surface area contributed by atoms with E-state index >= 15 is 0 Å². The molecule has 188 valence electrons. The topological polar surface area (TPSA) is 126 Å². The van der Waals surface area contributed by atoms with Gasteiger partial charge in [0.05, 0.1) is 22.5 Å². The fourth-order valence-electron chi connectivity index (χ4n) is 3.91. The smallest absolute Gasteiger partial charge is 0.335 e. The first-order chi connectivity index (χ1) is 17.7. The average molecular weight is 499 g/mol. The number of aromatic carboxylic acids is 1. The van der Waals surface area contributed by atoms with E-state index in [1.807, 2.05) is 30.3 Å². The molecular weight excluding hydrogens is 472 g/mol. The number of nitrogens with zero attached hydrogens (tertiary/aromatic N) is 3. The van der Waals surface area contributed by atoms with Crippen molar-refractivity contribution in [3.05, 3.63) is 89.5 Å². The van der Waals surface area contributed by atoms with Crippen molar-refractivity contribution in [1.29, 1.82) is 0 Å². The highest BCUT2D eigenvalue weighted by Crippen LogP contribution is 2.32. The Hall–Kier alpha value is -4.92. The Labute approximate surface area is 213 Å². The third-order valence-electron chi connectivity index (χ3n) is 5.88. The van der Waals surface area contributed by atoms with Crippen LogP contribution >= 0.6 is 0 Å². The number of aromatic amines is 1. The molecule has 0 saturated carbocycles. The average Bonchev–Trinajstić information content (AvgIpc) is 3.21. The van der Waals surface area contributed by atoms with Gasteiger partial charge < -0.3 is 25.0 Å². The van der Waals surface area contributed by atoms with Crippen molar-refractivity contribution in [2.45, 2.75) is 6.92 Å². The Morgan fingerprint density at radius 1 is 0.919 bits per heavy atom. The van der Waals surface area contributed by atoms with Crippen LogP contribution in [0, 0.1) is 0 Å². The van der Waals surface area contributed by atoms with Crippen LogP contribution in [0.4, 0.5) is 11.4 Å². The van der Waals surface area contributed by atoms with Crippen molar-refractivity contribution in [2.24, 2.45) is 4.99 Å². The molecule has 0 saturated heterocycles. The maximum Gasteiger partial charge on any atom is 0.335 e. The lowest BCUT2D eigenvalue weighted by atomic mass is 10.00. The first-order valence-corrected chi connectivity index (χ1v) is 11.5. The van der Waals surface area contributed by atoms with Gasteiger partial charge in [-0.1, -0.05) is 36.4 Å². The van der Waals surface area contributed by atoms with Crippen molar-refractivity contribution in [2.75, 3.05) is 25.5 Å². The third kappa shape index (κ3) is 5.35. The number of amides is 2. The van der Waals surface area contributed by atoms with Gasteiger partial charge in [0.25, 0.3) is 0 Å². The number of hydrogen-bond donors (Lipinski definition) is 3. The summed E-state index contributed by atoms with van der Waals surface area (Å²) in [7, 11) is 3.26. The number of rotatable bonds is 7. The fraction of sp³-hybridized carbons (Fsp3) is 0.143. The van der Waals surface area contributed by atoms with E-state index in [-0.39, 0.29) is 29.8 Å². The zero-order valence-corrected chi connectivity index (χ0v) is 20.6. The van der Waals surface area contributed by atoms with Gasteiger partial charge in [0.2, 0.25) is 11.8 Å². The molecule has 0 radical (unpaired) electrons. The van der Waals surface area contributed by atoms with Crippen LogP contribution in [-0.2, 0) is 9.59 Å². The van der Waals surface area contributed by atoms with Crippen molar-refractivity contribution in [1.82, 2.24) is 9.88 Å². The van der Waals surface area contributed by atoms with Crippen molar-refractivity contribution >= 4 is 45.8 Å². The van der Waals surface area contributed by atoms with E-state index in [1.165, 1.54) is 28.9 Å². The van der Waals surface area contributed by atoms with Gasteiger partial charge in [-0.2, -0.15) is 0 Å². The van der Waals surface area contributed by atoms with E-state index in [9.17, 15) is 24.6 Å². The molecular formula is C28H26N4O5. The second-order valence-corrected chi connectivity index (χ2v) is 8.65. The Morgan fingerprint density at radius 2 is 1.59 bits per heavy atom. The molecule has 0 fully saturated rings. The highest BCUT2D eigenvalue weighted by Gasteiger charge is 2.20. The first-order valence-electron chi connectivity index (χ1n) is 11.5. The molecule has 0 unspecified atom stereocenters. The molecule has 3 N–H and O–H groups in total. The van der Waals surface area contributed by atoms with Gasteiger partial charge in [-0.25, -0.2) is 9.79 Å². The summed E-state index contributed by atoms with van der Waals surface area (Å²) in [5.41, 5.74) is 3.33. The van der Waals surface area contributed by atoms with E-state index in [1.54, 1.807) is 44.4 Å². The fourth-order valence-corrected chi connectivity index (χ4v) is 3.91. The predicted molar refractivity (Wildman–Crippen MR) is 142 cm³/mol. The predicted octanol–water partition coefficient (Wildman–Crippen LogP) is 4.18. The number of aromatic hydroxyl groups is 1. The second-order valence-electron chi connectivity index (χ2n) is 8.65. The molecule has 0 bridgehead atoms. The van der Waals surface area contributed by atoms with Crippen LogP contribution in [-0.4, -0.2) is 64.2 Å². The molecule has 9 heteroatoms. The number of aliphatic imine (C=N–C) groups is 1. The van der Waals surface area contributed by atoms with E-state index in [4.69, 9.17) is 4.99 Å². The maximum atomic E-state index is 12.2. The molecule has 9 nitrogen and oxygen atoms in total. The van der Waals surface area contributed by atoms with E-state index in [0.29, 0.717) is 33.6 Å². The van der Waals surface area contributed by atoms with Crippen LogP contribution < -0.4 is 4.90 Å². The van der Waals surface area contributed by atoms with Crippen molar-refractivity contribution < 1.29 is 24.6 Å². The van der Waals surface area contributed by atoms with Crippen LogP contribution in [0.15, 0.2) is 77.8 Å². The zero-order chi connectivity index (χ0) is 26.7. The lowest BCUT2D eigenvalue weighted by Gasteiger charge is -2.22. The monoisotopic (exact) mass is 498 g/mol. The number of fused-ring (bicyclic) bond motifs is 1. The number of hydrogen-bond acceptors (Lipinski definition) is 5. The maximum absolute atomic E-state index is 12.2. The largest absolute Gasteiger partial charge is 0.494 e. The van der Waals surface area contributed by atoms with Gasteiger partial charge in [0.15, 0.2) is 5.88 Å². The van der Waals surface area contributed by atoms with Gasteiger partial charge in [0.1, 0.15) is 6.54 Å². The Kier molecular flexibility index (Phi) is 7.06. The van der Waals surface area contributed by atoms with E-state index < -0.39 is 5.97 Å². The lowest BCUT2D eigenvalue weighted by molar-refractivity contribution is -0.129. The molecule has 4 rings (SSSR count). The number of benzene rings is 3. The number of H-pyrrole nitrogens is 1. The van der Waals surface area contributed by atoms with Crippen LogP contribution in [0.25, 0.3) is 10.9 Å². The normalized spacial score (nSPS) is 11.4. The molecule has 0 aliphatic rings. The summed E-state index contributed by atoms with van der Waals surface area (Å²) in [5, 5.41) is 20.8. The SMILES string of the molecule is CC(=O)N(CC(=O)N(C)C)c1ccc(N=C(c2ccccc2)c2c(O)[nH]c3cc(C(=O)O)ccc23)cc1. The van der Waals surface area contributed by atoms with Gasteiger partial charge >= 0.3 is 5.97 Å². The van der Waals surface area contributed by atoms with E-state index in [2.05, 4.69) is 4.98 Å². The Morgan fingerprint density at radius 3 is 2.19 bits per heavy atom. The highest BCUT2D eigenvalue weighted by molar-refractivity contribution is 6.22. The van der Waals surface area contributed by atoms with Crippen LogP contribution in [0.5, 0.6) is 5.88 Å². The van der Waals surface area contributed by atoms with Gasteiger partial charge in [-0.15, -0.1) is 0 Å². The quantitative estimate of drug-likeness (QED) is 0.330. The molecule has 1 aromatic heterocycles. The van der Waals surface area contributed by atoms with Gasteiger partial charge in [0, 0.05) is 43.2 Å². The molecule has 1 heterocycles. The molecule has 0 spiro atoms. The number of carboxylic acid groups (broad SMARTS) is 1. The number of likely N-dealkylation sites (N-methyl/N-ethyl adjacent to an activating group) is 1. The van der Waals surface area contributed by atoms with E-state index in [0.717, 1.165) is 5.56 Å². The minimum Gasteiger partial charge on any atom is -0.494 e. The van der Waals surface area contributed by atoms with Crippen molar-refractivity contribution in [3.8, 4) is 5.88 Å². The number of carboxylic acids is 1. The molecule has 4 aromatic rings. The summed E-state index contributed by atoms with van der Waals surface area (Å²) in [4.78, 5) is 46.3. The number of carbonyl (C=O) groups excluding carboxylic acids is 2. The summed E-state index contributed by atoms with van der Waals surface area (Å²) < 4.78 is 0. The number of anilines is 1. The second kappa shape index (κ2) is 10.4. The molecule has 3 aromatic carbocycles. The molecule has 0 aliphatic heterocycles. The van der Waals surface area contributed by atoms with Crippen LogP contribution in [0.2, 0.25) is 0 Å². The first kappa shape index (κ1) is 25.2. The Balaban J connectivity index is 1.79. The number of aromatic nitrogens is 1. The molecule has 0 aliphatic carbocycles. The number of carbonyl (C=O) groups is 3. The standard InChI is InChI=1S/C28H26N4O5/c1-17(33)32(16-24(34)31(2)3)21-12-10-20(11-13-21)29-26(18-7-5-4-6-8-18)25-22-14-9-19(28(36)37)15-23(22)30-27(25)35/h4-15,30,35H,16H2,1-3H3,(H,36,37).